The summed E-state index contributed by atoms with van der Waals surface area (Å²) in [5.74, 6) is -1.07. The molecule has 0 unspecified atom stereocenters. The van der Waals surface area contributed by atoms with Crippen LogP contribution in [0.15, 0.2) is 30.5 Å². The Bertz CT molecular complexity index is 1060. The summed E-state index contributed by atoms with van der Waals surface area (Å²) < 4.78 is 43.7. The highest BCUT2D eigenvalue weighted by molar-refractivity contribution is 5.80. The Morgan fingerprint density at radius 3 is 2.79 bits per heavy atom. The molecule has 0 radical (unpaired) electrons. The molecular weight excluding hydrogens is 369 g/mol. The van der Waals surface area contributed by atoms with Crippen molar-refractivity contribution in [2.75, 3.05) is 18.0 Å². The second kappa shape index (κ2) is 7.13. The zero-order chi connectivity index (χ0) is 19.8. The van der Waals surface area contributed by atoms with E-state index in [1.807, 2.05) is 0 Å². The maximum Gasteiger partial charge on any atom is 0.207 e. The van der Waals surface area contributed by atoms with Gasteiger partial charge in [0.05, 0.1) is 30.4 Å². The van der Waals surface area contributed by atoms with E-state index in [1.54, 1.807) is 21.6 Å². The molecule has 1 aromatic carbocycles. The maximum absolute atomic E-state index is 14.6. The number of pyridine rings is 1. The van der Waals surface area contributed by atoms with Gasteiger partial charge in [-0.2, -0.15) is 0 Å². The minimum absolute atomic E-state index is 0.142. The first-order valence-electron chi connectivity index (χ1n) is 8.78. The number of halogens is 3. The summed E-state index contributed by atoms with van der Waals surface area (Å²) in [6.07, 6.45) is 0.562. The number of piperidine rings is 1. The molecule has 0 amide bonds. The van der Waals surface area contributed by atoms with Gasteiger partial charge in [0.15, 0.2) is 5.82 Å². The Hall–Kier alpha value is -3.12. The molecule has 0 aliphatic carbocycles. The first kappa shape index (κ1) is 18.3. The van der Waals surface area contributed by atoms with Gasteiger partial charge in [-0.25, -0.2) is 23.0 Å². The third-order valence-electron chi connectivity index (χ3n) is 4.85. The molecule has 9 heteroatoms. The molecule has 4 rings (SSSR count). The second-order valence-electron chi connectivity index (χ2n) is 6.79. The van der Waals surface area contributed by atoms with Crippen molar-refractivity contribution in [3.63, 3.8) is 0 Å². The van der Waals surface area contributed by atoms with Crippen molar-refractivity contribution in [2.45, 2.75) is 25.2 Å². The van der Waals surface area contributed by atoms with Crippen molar-refractivity contribution in [2.24, 2.45) is 5.73 Å². The smallest absolute Gasteiger partial charge is 0.207 e. The fourth-order valence-electron chi connectivity index (χ4n) is 3.44. The highest BCUT2D eigenvalue weighted by Gasteiger charge is 2.30. The number of imidazole rings is 1. The molecular formula is C19H17F3N6. The van der Waals surface area contributed by atoms with Gasteiger partial charge < -0.3 is 15.2 Å². The Labute approximate surface area is 159 Å². The summed E-state index contributed by atoms with van der Waals surface area (Å²) in [5, 5.41) is 0. The number of hydrogen-bond acceptors (Lipinski definition) is 4. The average molecular weight is 386 g/mol. The molecule has 2 N–H and O–H groups in total. The van der Waals surface area contributed by atoms with E-state index in [1.165, 1.54) is 6.20 Å². The monoisotopic (exact) mass is 386 g/mol. The zero-order valence-corrected chi connectivity index (χ0v) is 14.8. The minimum atomic E-state index is -1.11. The summed E-state index contributed by atoms with van der Waals surface area (Å²) in [6.45, 7) is 7.76. The van der Waals surface area contributed by atoms with Gasteiger partial charge in [-0.05, 0) is 12.5 Å². The van der Waals surface area contributed by atoms with Gasteiger partial charge in [0.2, 0.25) is 11.6 Å². The molecule has 1 aliphatic rings. The molecule has 2 atom stereocenters. The van der Waals surface area contributed by atoms with E-state index in [-0.39, 0.29) is 30.5 Å². The summed E-state index contributed by atoms with van der Waals surface area (Å²) >= 11 is 0. The van der Waals surface area contributed by atoms with E-state index in [0.29, 0.717) is 23.9 Å². The molecule has 3 heterocycles. The molecule has 0 spiro atoms. The standard InChI is InChI=1S/C19H17F3N6/c1-24-12-2-3-13(25-8-12)9-28-18-15(22)6-11(20)7-17(18)26-19(28)27-5-4-14(21)16(23)10-27/h2-3,6-8,14,16H,4-5,9-10,23H2/t14-,16+/m0/s1. The lowest BCUT2D eigenvalue weighted by Crippen LogP contribution is -2.50. The minimum Gasteiger partial charge on any atom is -0.340 e. The normalized spacial score (nSPS) is 19.8. The highest BCUT2D eigenvalue weighted by atomic mass is 19.1. The van der Waals surface area contributed by atoms with Crippen LogP contribution in [0.5, 0.6) is 0 Å². The Morgan fingerprint density at radius 1 is 1.29 bits per heavy atom. The van der Waals surface area contributed by atoms with Crippen molar-refractivity contribution >= 4 is 22.7 Å². The SMILES string of the molecule is [C-]#[N+]c1ccc(Cn2c(N3CC[C@H](F)[C@H](N)C3)nc3cc(F)cc(F)c32)nc1. The first-order valence-corrected chi connectivity index (χ1v) is 8.78. The second-order valence-corrected chi connectivity index (χ2v) is 6.79. The number of hydrogen-bond donors (Lipinski definition) is 1. The summed E-state index contributed by atoms with van der Waals surface area (Å²) in [7, 11) is 0. The predicted molar refractivity (Wildman–Crippen MR) is 99.0 cm³/mol. The van der Waals surface area contributed by atoms with E-state index >= 15 is 0 Å². The Kier molecular flexibility index (Phi) is 4.65. The molecule has 1 saturated heterocycles. The number of anilines is 1. The van der Waals surface area contributed by atoms with Crippen LogP contribution in [0.2, 0.25) is 0 Å². The molecule has 2 aromatic heterocycles. The largest absolute Gasteiger partial charge is 0.340 e. The van der Waals surface area contributed by atoms with E-state index < -0.39 is 23.8 Å². The molecule has 28 heavy (non-hydrogen) atoms. The molecule has 1 aliphatic heterocycles. The van der Waals surface area contributed by atoms with Gasteiger partial charge in [-0.3, -0.25) is 4.98 Å². The lowest BCUT2D eigenvalue weighted by Gasteiger charge is -2.34. The van der Waals surface area contributed by atoms with Crippen LogP contribution in [0.1, 0.15) is 12.1 Å². The molecule has 6 nitrogen and oxygen atoms in total. The molecule has 1 fully saturated rings. The summed E-state index contributed by atoms with van der Waals surface area (Å²) in [5.41, 5.74) is 7.15. The van der Waals surface area contributed by atoms with Gasteiger partial charge >= 0.3 is 0 Å². The number of alkyl halides is 1. The van der Waals surface area contributed by atoms with Crippen LogP contribution in [0, 0.1) is 18.2 Å². The van der Waals surface area contributed by atoms with Crippen molar-refractivity contribution in [1.82, 2.24) is 14.5 Å². The highest BCUT2D eigenvalue weighted by Crippen LogP contribution is 2.29. The van der Waals surface area contributed by atoms with Crippen molar-refractivity contribution in [1.29, 1.82) is 0 Å². The third-order valence-corrected chi connectivity index (χ3v) is 4.85. The fourth-order valence-corrected chi connectivity index (χ4v) is 3.44. The van der Waals surface area contributed by atoms with Crippen LogP contribution in [-0.4, -0.2) is 39.8 Å². The van der Waals surface area contributed by atoms with E-state index in [0.717, 1.165) is 12.1 Å². The van der Waals surface area contributed by atoms with Crippen LogP contribution in [-0.2, 0) is 6.54 Å². The van der Waals surface area contributed by atoms with Crippen molar-refractivity contribution in [3.05, 3.63) is 59.2 Å². The van der Waals surface area contributed by atoms with Gasteiger partial charge in [0.25, 0.3) is 0 Å². The van der Waals surface area contributed by atoms with Crippen LogP contribution >= 0.6 is 0 Å². The van der Waals surface area contributed by atoms with E-state index in [4.69, 9.17) is 12.3 Å². The lowest BCUT2D eigenvalue weighted by atomic mass is 10.1. The maximum atomic E-state index is 14.6. The summed E-state index contributed by atoms with van der Waals surface area (Å²) in [4.78, 5) is 13.7. The van der Waals surface area contributed by atoms with E-state index in [2.05, 4.69) is 14.8 Å². The van der Waals surface area contributed by atoms with Gasteiger partial charge in [0.1, 0.15) is 17.5 Å². The van der Waals surface area contributed by atoms with E-state index in [9.17, 15) is 13.2 Å². The topological polar surface area (TPSA) is 64.3 Å². The van der Waals surface area contributed by atoms with Crippen LogP contribution in [0.25, 0.3) is 15.9 Å². The van der Waals surface area contributed by atoms with Gasteiger partial charge in [0, 0.05) is 31.4 Å². The van der Waals surface area contributed by atoms with Crippen LogP contribution < -0.4 is 10.6 Å². The number of fused-ring (bicyclic) bond motifs is 1. The lowest BCUT2D eigenvalue weighted by molar-refractivity contribution is 0.243. The van der Waals surface area contributed by atoms with Crippen molar-refractivity contribution < 1.29 is 13.2 Å². The number of benzene rings is 1. The number of nitrogens with two attached hydrogens (primary N) is 1. The van der Waals surface area contributed by atoms with Gasteiger partial charge in [-0.1, -0.05) is 6.07 Å². The molecule has 0 saturated carbocycles. The molecule has 0 bridgehead atoms. The van der Waals surface area contributed by atoms with Gasteiger partial charge in [-0.15, -0.1) is 0 Å². The van der Waals surface area contributed by atoms with Crippen LogP contribution in [0.4, 0.5) is 24.8 Å². The zero-order valence-electron chi connectivity index (χ0n) is 14.8. The number of rotatable bonds is 3. The number of nitrogens with zero attached hydrogens (tertiary/aromatic N) is 5. The van der Waals surface area contributed by atoms with Crippen LogP contribution in [0.3, 0.4) is 0 Å². The van der Waals surface area contributed by atoms with Crippen molar-refractivity contribution in [3.8, 4) is 0 Å². The summed E-state index contributed by atoms with van der Waals surface area (Å²) in [6, 6.07) is 4.58. The first-order chi connectivity index (χ1) is 13.5. The fraction of sp³-hybridized carbons (Fsp3) is 0.316. The molecule has 144 valence electrons. The Morgan fingerprint density at radius 2 is 2.11 bits per heavy atom. The predicted octanol–water partition coefficient (Wildman–Crippen LogP) is 3.18. The Balaban J connectivity index is 1.80. The third kappa shape index (κ3) is 3.27. The average Bonchev–Trinajstić information content (AvgIpc) is 3.03. The quantitative estimate of drug-likeness (QED) is 0.703. The number of aromatic nitrogens is 3. The molecule has 3 aromatic rings.